The number of ether oxygens (including phenoxy) is 2. The van der Waals surface area contributed by atoms with E-state index in [4.69, 9.17) is 21.1 Å². The third-order valence-electron chi connectivity index (χ3n) is 4.42. The van der Waals surface area contributed by atoms with Gasteiger partial charge in [-0.15, -0.1) is 0 Å². The Morgan fingerprint density at radius 1 is 1.16 bits per heavy atom. The van der Waals surface area contributed by atoms with Crippen molar-refractivity contribution in [3.05, 3.63) is 58.6 Å². The van der Waals surface area contributed by atoms with Crippen LogP contribution in [0.15, 0.2) is 42.5 Å². The zero-order chi connectivity index (χ0) is 17.6. The lowest BCUT2D eigenvalue weighted by Crippen LogP contribution is -2.13. The number of aryl methyl sites for hydroxylation is 1. The maximum absolute atomic E-state index is 11.4. The number of benzene rings is 2. The Labute approximate surface area is 153 Å². The molecule has 0 aliphatic carbocycles. The minimum atomic E-state index is 0.103. The Kier molecular flexibility index (Phi) is 5.82. The van der Waals surface area contributed by atoms with Crippen LogP contribution in [0.1, 0.15) is 29.9 Å². The number of carbonyl (C=O) groups excluding carboxylic acids is 1. The largest absolute Gasteiger partial charge is 0.493 e. The van der Waals surface area contributed by atoms with Crippen LogP contribution in [-0.4, -0.2) is 26.2 Å². The first kappa shape index (κ1) is 17.6. The van der Waals surface area contributed by atoms with Crippen molar-refractivity contribution in [1.29, 1.82) is 0 Å². The van der Waals surface area contributed by atoms with Crippen molar-refractivity contribution in [2.75, 3.05) is 20.3 Å². The van der Waals surface area contributed by atoms with Gasteiger partial charge in [-0.1, -0.05) is 29.8 Å². The predicted molar refractivity (Wildman–Crippen MR) is 98.6 cm³/mol. The van der Waals surface area contributed by atoms with Gasteiger partial charge in [-0.25, -0.2) is 0 Å². The van der Waals surface area contributed by atoms with Crippen LogP contribution < -0.4 is 14.8 Å². The molecule has 1 atom stereocenters. The van der Waals surface area contributed by atoms with Crippen LogP contribution in [0.4, 0.5) is 0 Å². The minimum Gasteiger partial charge on any atom is -0.493 e. The average Bonchev–Trinajstić information content (AvgIpc) is 3.06. The molecule has 1 fully saturated rings. The smallest absolute Gasteiger partial charge is 0.220 e. The molecule has 0 bridgehead atoms. The van der Waals surface area contributed by atoms with Gasteiger partial charge in [0.05, 0.1) is 13.7 Å². The minimum absolute atomic E-state index is 0.103. The molecular weight excluding hydrogens is 338 g/mol. The molecule has 1 aliphatic heterocycles. The van der Waals surface area contributed by atoms with Crippen molar-refractivity contribution in [3.8, 4) is 11.5 Å². The molecule has 0 spiro atoms. The van der Waals surface area contributed by atoms with E-state index < -0.39 is 0 Å². The molecule has 0 aromatic heterocycles. The van der Waals surface area contributed by atoms with E-state index in [-0.39, 0.29) is 11.8 Å². The lowest BCUT2D eigenvalue weighted by molar-refractivity contribution is -0.119. The van der Waals surface area contributed by atoms with E-state index in [1.54, 1.807) is 7.11 Å². The van der Waals surface area contributed by atoms with Crippen LogP contribution in [-0.2, 0) is 11.2 Å². The Morgan fingerprint density at radius 3 is 2.64 bits per heavy atom. The molecule has 25 heavy (non-hydrogen) atoms. The molecule has 1 aliphatic rings. The van der Waals surface area contributed by atoms with Gasteiger partial charge in [-0.05, 0) is 48.2 Å². The summed E-state index contributed by atoms with van der Waals surface area (Å²) in [5.41, 5.74) is 2.34. The Morgan fingerprint density at radius 2 is 1.96 bits per heavy atom. The molecule has 3 rings (SSSR count). The second-order valence-electron chi connectivity index (χ2n) is 6.19. The van der Waals surface area contributed by atoms with Crippen molar-refractivity contribution in [3.63, 3.8) is 0 Å². The van der Waals surface area contributed by atoms with Crippen LogP contribution in [0.2, 0.25) is 5.02 Å². The molecule has 5 heteroatoms. The van der Waals surface area contributed by atoms with E-state index in [1.807, 2.05) is 42.5 Å². The SMILES string of the molecule is COc1ccc(C2CNC(=O)C2)cc1OCCCc1ccc(Cl)cc1. The standard InChI is InChI=1S/C20H22ClNO3/c1-24-18-9-6-15(16-12-20(23)22-13-16)11-19(18)25-10-2-3-14-4-7-17(21)8-5-14/h4-9,11,16H,2-3,10,12-13H2,1H3,(H,22,23). The topological polar surface area (TPSA) is 47.6 Å². The predicted octanol–water partition coefficient (Wildman–Crippen LogP) is 3.96. The first-order chi connectivity index (χ1) is 12.2. The van der Waals surface area contributed by atoms with E-state index in [9.17, 15) is 4.79 Å². The first-order valence-corrected chi connectivity index (χ1v) is 8.85. The van der Waals surface area contributed by atoms with E-state index in [0.29, 0.717) is 25.3 Å². The number of carbonyl (C=O) groups is 1. The summed E-state index contributed by atoms with van der Waals surface area (Å²) in [6.45, 7) is 1.28. The summed E-state index contributed by atoms with van der Waals surface area (Å²) in [5.74, 6) is 1.75. The van der Waals surface area contributed by atoms with Crippen LogP contribution >= 0.6 is 11.6 Å². The number of hydrogen-bond donors (Lipinski definition) is 1. The van der Waals surface area contributed by atoms with Crippen LogP contribution in [0.3, 0.4) is 0 Å². The number of hydrogen-bond acceptors (Lipinski definition) is 3. The highest BCUT2D eigenvalue weighted by molar-refractivity contribution is 6.30. The van der Waals surface area contributed by atoms with Gasteiger partial charge >= 0.3 is 0 Å². The van der Waals surface area contributed by atoms with E-state index in [0.717, 1.165) is 29.2 Å². The third kappa shape index (κ3) is 4.67. The molecule has 2 aromatic rings. The molecule has 1 unspecified atom stereocenters. The highest BCUT2D eigenvalue weighted by Gasteiger charge is 2.23. The van der Waals surface area contributed by atoms with E-state index >= 15 is 0 Å². The van der Waals surface area contributed by atoms with Gasteiger partial charge in [0.1, 0.15) is 0 Å². The summed E-state index contributed by atoms with van der Waals surface area (Å²) in [7, 11) is 1.64. The number of rotatable bonds is 7. The van der Waals surface area contributed by atoms with Crippen LogP contribution in [0, 0.1) is 0 Å². The number of amides is 1. The van der Waals surface area contributed by atoms with Crippen molar-refractivity contribution in [2.45, 2.75) is 25.2 Å². The first-order valence-electron chi connectivity index (χ1n) is 8.47. The maximum atomic E-state index is 11.4. The molecular formula is C20H22ClNO3. The number of nitrogens with one attached hydrogen (secondary N) is 1. The average molecular weight is 360 g/mol. The van der Waals surface area contributed by atoms with E-state index in [1.165, 1.54) is 5.56 Å². The zero-order valence-corrected chi connectivity index (χ0v) is 15.0. The monoisotopic (exact) mass is 359 g/mol. The zero-order valence-electron chi connectivity index (χ0n) is 14.3. The van der Waals surface area contributed by atoms with Gasteiger partial charge in [0, 0.05) is 23.9 Å². The van der Waals surface area contributed by atoms with Gasteiger partial charge < -0.3 is 14.8 Å². The fourth-order valence-electron chi connectivity index (χ4n) is 3.01. The molecule has 0 radical (unpaired) electrons. The molecule has 4 nitrogen and oxygen atoms in total. The molecule has 132 valence electrons. The summed E-state index contributed by atoms with van der Waals surface area (Å²) >= 11 is 5.90. The summed E-state index contributed by atoms with van der Waals surface area (Å²) in [5, 5.41) is 3.62. The molecule has 1 N–H and O–H groups in total. The van der Waals surface area contributed by atoms with Gasteiger partial charge in [0.2, 0.25) is 5.91 Å². The van der Waals surface area contributed by atoms with Crippen molar-refractivity contribution in [1.82, 2.24) is 5.32 Å². The highest BCUT2D eigenvalue weighted by atomic mass is 35.5. The van der Waals surface area contributed by atoms with Crippen molar-refractivity contribution >= 4 is 17.5 Å². The van der Waals surface area contributed by atoms with Gasteiger partial charge in [-0.2, -0.15) is 0 Å². The van der Waals surface area contributed by atoms with Crippen molar-refractivity contribution < 1.29 is 14.3 Å². The molecule has 1 amide bonds. The fourth-order valence-corrected chi connectivity index (χ4v) is 3.14. The summed E-state index contributed by atoms with van der Waals surface area (Å²) in [6, 6.07) is 13.8. The second kappa shape index (κ2) is 8.26. The van der Waals surface area contributed by atoms with Crippen molar-refractivity contribution in [2.24, 2.45) is 0 Å². The second-order valence-corrected chi connectivity index (χ2v) is 6.63. The fraction of sp³-hybridized carbons (Fsp3) is 0.350. The van der Waals surface area contributed by atoms with Gasteiger partial charge in [-0.3, -0.25) is 4.79 Å². The van der Waals surface area contributed by atoms with Gasteiger partial charge in [0.25, 0.3) is 0 Å². The van der Waals surface area contributed by atoms with Crippen LogP contribution in [0.5, 0.6) is 11.5 Å². The molecule has 0 saturated carbocycles. The Balaban J connectivity index is 1.58. The Bertz CT molecular complexity index is 730. The lowest BCUT2D eigenvalue weighted by Gasteiger charge is -2.14. The maximum Gasteiger partial charge on any atom is 0.220 e. The molecule has 2 aromatic carbocycles. The Hall–Kier alpha value is -2.20. The highest BCUT2D eigenvalue weighted by Crippen LogP contribution is 2.33. The normalized spacial score (nSPS) is 16.6. The number of halogens is 1. The quantitative estimate of drug-likeness (QED) is 0.761. The van der Waals surface area contributed by atoms with Crippen LogP contribution in [0.25, 0.3) is 0 Å². The lowest BCUT2D eigenvalue weighted by atomic mass is 9.98. The summed E-state index contributed by atoms with van der Waals surface area (Å²) in [6.07, 6.45) is 2.36. The summed E-state index contributed by atoms with van der Waals surface area (Å²) < 4.78 is 11.3. The van der Waals surface area contributed by atoms with E-state index in [2.05, 4.69) is 5.32 Å². The van der Waals surface area contributed by atoms with Gasteiger partial charge in [0.15, 0.2) is 11.5 Å². The molecule has 1 heterocycles. The summed E-state index contributed by atoms with van der Waals surface area (Å²) in [4.78, 5) is 11.4. The number of methoxy groups -OCH3 is 1. The molecule has 1 saturated heterocycles. The third-order valence-corrected chi connectivity index (χ3v) is 4.67.